The smallest absolute Gasteiger partial charge is 0.325 e. The number of carbonyl (C=O) groups is 3. The lowest BCUT2D eigenvalue weighted by Gasteiger charge is -2.22. The standard InChI is InChI=1S/C19H18ClN3O3/c1-19(14-8-3-2-4-9-14)17(25)23(18(26)22-19)12-16(24)21-11-13-7-5-6-10-15(13)20/h2-10H,11-12H2,1H3,(H,21,24)(H,22,26)/t19-/m1/s1. The van der Waals surface area contributed by atoms with Crippen molar-refractivity contribution in [1.82, 2.24) is 15.5 Å². The second-order valence-corrected chi connectivity index (χ2v) is 6.59. The lowest BCUT2D eigenvalue weighted by Crippen LogP contribution is -2.43. The van der Waals surface area contributed by atoms with Crippen molar-refractivity contribution in [2.45, 2.75) is 19.0 Å². The molecule has 0 aromatic heterocycles. The van der Waals surface area contributed by atoms with Crippen LogP contribution in [0.15, 0.2) is 54.6 Å². The fourth-order valence-electron chi connectivity index (χ4n) is 2.84. The van der Waals surface area contributed by atoms with Gasteiger partial charge in [-0.05, 0) is 24.1 Å². The summed E-state index contributed by atoms with van der Waals surface area (Å²) in [6.45, 7) is 1.50. The first kappa shape index (κ1) is 17.9. The van der Waals surface area contributed by atoms with E-state index in [0.717, 1.165) is 10.5 Å². The molecule has 134 valence electrons. The lowest BCUT2D eigenvalue weighted by atomic mass is 9.92. The molecule has 26 heavy (non-hydrogen) atoms. The van der Waals surface area contributed by atoms with Crippen LogP contribution in [0.1, 0.15) is 18.1 Å². The summed E-state index contributed by atoms with van der Waals surface area (Å²) in [4.78, 5) is 38.1. The summed E-state index contributed by atoms with van der Waals surface area (Å²) >= 11 is 6.05. The maximum absolute atomic E-state index is 12.7. The summed E-state index contributed by atoms with van der Waals surface area (Å²) in [5, 5.41) is 5.89. The van der Waals surface area contributed by atoms with Gasteiger partial charge in [-0.15, -0.1) is 0 Å². The lowest BCUT2D eigenvalue weighted by molar-refractivity contribution is -0.134. The minimum atomic E-state index is -1.18. The second kappa shape index (κ2) is 7.17. The zero-order valence-corrected chi connectivity index (χ0v) is 14.9. The van der Waals surface area contributed by atoms with Crippen molar-refractivity contribution in [3.8, 4) is 0 Å². The Morgan fingerprint density at radius 3 is 2.46 bits per heavy atom. The summed E-state index contributed by atoms with van der Waals surface area (Å²) in [5.41, 5.74) is 0.243. The first-order valence-corrected chi connectivity index (χ1v) is 8.49. The van der Waals surface area contributed by atoms with Gasteiger partial charge in [0.2, 0.25) is 5.91 Å². The van der Waals surface area contributed by atoms with Crippen LogP contribution in [0.4, 0.5) is 4.79 Å². The predicted molar refractivity (Wildman–Crippen MR) is 97.3 cm³/mol. The molecule has 1 heterocycles. The molecule has 3 rings (SSSR count). The maximum atomic E-state index is 12.7. The van der Waals surface area contributed by atoms with Gasteiger partial charge in [-0.25, -0.2) is 4.79 Å². The van der Waals surface area contributed by atoms with Crippen molar-refractivity contribution in [3.63, 3.8) is 0 Å². The molecule has 7 heteroatoms. The van der Waals surface area contributed by atoms with E-state index in [9.17, 15) is 14.4 Å². The van der Waals surface area contributed by atoms with Crippen LogP contribution < -0.4 is 10.6 Å². The largest absolute Gasteiger partial charge is 0.350 e. The van der Waals surface area contributed by atoms with Gasteiger partial charge in [-0.3, -0.25) is 14.5 Å². The average molecular weight is 372 g/mol. The van der Waals surface area contributed by atoms with E-state index in [-0.39, 0.29) is 13.1 Å². The number of benzene rings is 2. The quantitative estimate of drug-likeness (QED) is 0.792. The highest BCUT2D eigenvalue weighted by Gasteiger charge is 2.49. The predicted octanol–water partition coefficient (Wildman–Crippen LogP) is 2.42. The van der Waals surface area contributed by atoms with Crippen LogP contribution in [-0.2, 0) is 21.7 Å². The highest BCUT2D eigenvalue weighted by atomic mass is 35.5. The van der Waals surface area contributed by atoms with E-state index in [2.05, 4.69) is 10.6 Å². The second-order valence-electron chi connectivity index (χ2n) is 6.18. The molecule has 0 bridgehead atoms. The van der Waals surface area contributed by atoms with Crippen molar-refractivity contribution < 1.29 is 14.4 Å². The van der Waals surface area contributed by atoms with Crippen molar-refractivity contribution in [3.05, 3.63) is 70.7 Å². The Balaban J connectivity index is 1.66. The van der Waals surface area contributed by atoms with Gasteiger partial charge in [0.05, 0.1) is 0 Å². The summed E-state index contributed by atoms with van der Waals surface area (Å²) in [6, 6.07) is 15.5. The SMILES string of the molecule is C[C@]1(c2ccccc2)NC(=O)N(CC(=O)NCc2ccccc2Cl)C1=O. The molecule has 0 spiro atoms. The molecule has 0 unspecified atom stereocenters. The molecule has 2 N–H and O–H groups in total. The number of amides is 4. The third-order valence-corrected chi connectivity index (χ3v) is 4.73. The molecule has 1 atom stereocenters. The third-order valence-electron chi connectivity index (χ3n) is 4.36. The number of hydrogen-bond donors (Lipinski definition) is 2. The fraction of sp³-hybridized carbons (Fsp3) is 0.211. The average Bonchev–Trinajstić information content (AvgIpc) is 2.86. The minimum absolute atomic E-state index is 0.220. The van der Waals surface area contributed by atoms with Crippen LogP contribution in [0.3, 0.4) is 0 Å². The molecule has 6 nitrogen and oxygen atoms in total. The van der Waals surface area contributed by atoms with Crippen molar-refractivity contribution >= 4 is 29.4 Å². The number of rotatable bonds is 5. The van der Waals surface area contributed by atoms with Gasteiger partial charge < -0.3 is 10.6 Å². The third kappa shape index (κ3) is 3.41. The molecule has 2 aromatic carbocycles. The van der Waals surface area contributed by atoms with Crippen LogP contribution in [-0.4, -0.2) is 29.3 Å². The summed E-state index contributed by atoms with van der Waals surface area (Å²) < 4.78 is 0. The monoisotopic (exact) mass is 371 g/mol. The Morgan fingerprint density at radius 1 is 1.12 bits per heavy atom. The molecule has 0 aliphatic carbocycles. The van der Waals surface area contributed by atoms with Crippen molar-refractivity contribution in [2.24, 2.45) is 0 Å². The van der Waals surface area contributed by atoms with Crippen LogP contribution in [0.5, 0.6) is 0 Å². The van der Waals surface area contributed by atoms with E-state index in [0.29, 0.717) is 10.6 Å². The van der Waals surface area contributed by atoms with Crippen molar-refractivity contribution in [1.29, 1.82) is 0 Å². The number of carbonyl (C=O) groups excluding carboxylic acids is 3. The van der Waals surface area contributed by atoms with Gasteiger partial charge in [-0.2, -0.15) is 0 Å². The molecule has 1 saturated heterocycles. The number of nitrogens with one attached hydrogen (secondary N) is 2. The van der Waals surface area contributed by atoms with Gasteiger partial charge in [-0.1, -0.05) is 60.1 Å². The maximum Gasteiger partial charge on any atom is 0.325 e. The van der Waals surface area contributed by atoms with Crippen LogP contribution in [0.2, 0.25) is 5.02 Å². The number of imide groups is 1. The summed E-state index contributed by atoms with van der Waals surface area (Å²) in [7, 11) is 0. The molecule has 0 radical (unpaired) electrons. The Bertz CT molecular complexity index is 856. The first-order chi connectivity index (χ1) is 12.4. The van der Waals surface area contributed by atoms with Crippen LogP contribution in [0.25, 0.3) is 0 Å². The van der Waals surface area contributed by atoms with E-state index in [4.69, 9.17) is 11.6 Å². The van der Waals surface area contributed by atoms with Gasteiger partial charge in [0.1, 0.15) is 12.1 Å². The molecule has 1 aliphatic rings. The van der Waals surface area contributed by atoms with Gasteiger partial charge in [0, 0.05) is 11.6 Å². The number of hydrogen-bond acceptors (Lipinski definition) is 3. The first-order valence-electron chi connectivity index (χ1n) is 8.11. The molecule has 1 fully saturated rings. The van der Waals surface area contributed by atoms with E-state index in [1.165, 1.54) is 0 Å². The van der Waals surface area contributed by atoms with Crippen LogP contribution >= 0.6 is 11.6 Å². The molecule has 1 aliphatic heterocycles. The zero-order chi connectivity index (χ0) is 18.7. The molecule has 0 saturated carbocycles. The number of halogens is 1. The Kier molecular flexibility index (Phi) is 4.95. The molecular formula is C19H18ClN3O3. The topological polar surface area (TPSA) is 78.5 Å². The van der Waals surface area contributed by atoms with Gasteiger partial charge in [0.15, 0.2) is 0 Å². The Morgan fingerprint density at radius 2 is 1.77 bits per heavy atom. The normalized spacial score (nSPS) is 19.4. The Hall–Kier alpha value is -2.86. The summed E-state index contributed by atoms with van der Waals surface area (Å²) in [6.07, 6.45) is 0. The van der Waals surface area contributed by atoms with E-state index in [1.54, 1.807) is 49.4 Å². The van der Waals surface area contributed by atoms with E-state index < -0.39 is 23.4 Å². The van der Waals surface area contributed by atoms with E-state index >= 15 is 0 Å². The zero-order valence-electron chi connectivity index (χ0n) is 14.2. The van der Waals surface area contributed by atoms with Crippen LogP contribution in [0, 0.1) is 0 Å². The highest BCUT2D eigenvalue weighted by Crippen LogP contribution is 2.28. The number of urea groups is 1. The summed E-state index contributed by atoms with van der Waals surface area (Å²) in [5.74, 6) is -0.896. The number of nitrogens with zero attached hydrogens (tertiary/aromatic N) is 1. The Labute approximate surface area is 156 Å². The van der Waals surface area contributed by atoms with Gasteiger partial charge >= 0.3 is 6.03 Å². The van der Waals surface area contributed by atoms with Crippen molar-refractivity contribution in [2.75, 3.05) is 6.54 Å². The fourth-order valence-corrected chi connectivity index (χ4v) is 3.05. The minimum Gasteiger partial charge on any atom is -0.350 e. The van der Waals surface area contributed by atoms with E-state index in [1.807, 2.05) is 12.1 Å². The molecule has 2 aromatic rings. The molecular weight excluding hydrogens is 354 g/mol. The molecule has 4 amide bonds. The van der Waals surface area contributed by atoms with Gasteiger partial charge in [0.25, 0.3) is 5.91 Å². The highest BCUT2D eigenvalue weighted by molar-refractivity contribution is 6.31.